The molecule has 0 unspecified atom stereocenters. The third-order valence-electron chi connectivity index (χ3n) is 3.14. The fourth-order valence-corrected chi connectivity index (χ4v) is 2.00. The van der Waals surface area contributed by atoms with Crippen LogP contribution in [-0.2, 0) is 4.74 Å². The fraction of sp³-hybridized carbons (Fsp3) is 1.00. The highest BCUT2D eigenvalue weighted by atomic mass is 16.5. The summed E-state index contributed by atoms with van der Waals surface area (Å²) in [5, 5.41) is 0. The second-order valence-electron chi connectivity index (χ2n) is 4.06. The van der Waals surface area contributed by atoms with Crippen LogP contribution < -0.4 is 0 Å². The highest BCUT2D eigenvalue weighted by Gasteiger charge is 2.31. The van der Waals surface area contributed by atoms with Crippen LogP contribution in [0, 0.1) is 0 Å². The summed E-state index contributed by atoms with van der Waals surface area (Å²) in [7, 11) is 4.43. The van der Waals surface area contributed by atoms with Gasteiger partial charge in [0, 0.05) is 12.6 Å². The van der Waals surface area contributed by atoms with Gasteiger partial charge in [-0.25, -0.2) is 0 Å². The SMILES string of the molecule is CN1CC[C@@H](N(C)C2COC2)C1. The zero-order valence-electron chi connectivity index (χ0n) is 7.99. The molecule has 3 nitrogen and oxygen atoms in total. The Balaban J connectivity index is 1.83. The molecule has 2 fully saturated rings. The molecule has 0 saturated carbocycles. The second-order valence-corrected chi connectivity index (χ2v) is 4.06. The van der Waals surface area contributed by atoms with Crippen LogP contribution in [0.5, 0.6) is 0 Å². The monoisotopic (exact) mass is 170 g/mol. The van der Waals surface area contributed by atoms with Gasteiger partial charge in [-0.1, -0.05) is 0 Å². The molecule has 0 N–H and O–H groups in total. The minimum Gasteiger partial charge on any atom is -0.378 e. The number of likely N-dealkylation sites (N-methyl/N-ethyl adjacent to an activating group) is 2. The van der Waals surface area contributed by atoms with Crippen LogP contribution in [0.1, 0.15) is 6.42 Å². The Kier molecular flexibility index (Phi) is 2.35. The fourth-order valence-electron chi connectivity index (χ4n) is 2.00. The Hall–Kier alpha value is -0.120. The Bertz CT molecular complexity index is 159. The molecule has 0 spiro atoms. The van der Waals surface area contributed by atoms with E-state index in [0.717, 1.165) is 19.3 Å². The van der Waals surface area contributed by atoms with Crippen LogP contribution in [0.15, 0.2) is 0 Å². The van der Waals surface area contributed by atoms with Gasteiger partial charge >= 0.3 is 0 Å². The van der Waals surface area contributed by atoms with E-state index in [2.05, 4.69) is 23.9 Å². The molecular weight excluding hydrogens is 152 g/mol. The molecule has 0 amide bonds. The second kappa shape index (κ2) is 3.32. The third kappa shape index (κ3) is 1.49. The molecule has 0 aromatic rings. The van der Waals surface area contributed by atoms with Crippen molar-refractivity contribution >= 4 is 0 Å². The van der Waals surface area contributed by atoms with Crippen LogP contribution in [0.25, 0.3) is 0 Å². The molecule has 0 aromatic carbocycles. The van der Waals surface area contributed by atoms with E-state index < -0.39 is 0 Å². The van der Waals surface area contributed by atoms with Crippen LogP contribution >= 0.6 is 0 Å². The van der Waals surface area contributed by atoms with Crippen LogP contribution in [0.2, 0.25) is 0 Å². The number of hydrogen-bond acceptors (Lipinski definition) is 3. The molecule has 0 radical (unpaired) electrons. The normalized spacial score (nSPS) is 32.8. The van der Waals surface area contributed by atoms with Gasteiger partial charge in [0.25, 0.3) is 0 Å². The Morgan fingerprint density at radius 1 is 1.33 bits per heavy atom. The lowest BCUT2D eigenvalue weighted by molar-refractivity contribution is -0.0677. The van der Waals surface area contributed by atoms with Gasteiger partial charge in [0.2, 0.25) is 0 Å². The van der Waals surface area contributed by atoms with E-state index in [1.54, 1.807) is 0 Å². The standard InChI is InChI=1S/C9H18N2O/c1-10-4-3-8(5-10)11(2)9-6-12-7-9/h8-9H,3-7H2,1-2H3/t8-/m1/s1. The van der Waals surface area contributed by atoms with Crippen molar-refractivity contribution in [2.24, 2.45) is 0 Å². The Morgan fingerprint density at radius 2 is 2.08 bits per heavy atom. The summed E-state index contributed by atoms with van der Waals surface area (Å²) in [5.41, 5.74) is 0. The maximum Gasteiger partial charge on any atom is 0.0645 e. The molecule has 2 saturated heterocycles. The molecular formula is C9H18N2O. The van der Waals surface area contributed by atoms with Crippen molar-refractivity contribution in [2.75, 3.05) is 40.4 Å². The zero-order valence-corrected chi connectivity index (χ0v) is 7.99. The van der Waals surface area contributed by atoms with Crippen molar-refractivity contribution in [1.82, 2.24) is 9.80 Å². The summed E-state index contributed by atoms with van der Waals surface area (Å²) in [6.07, 6.45) is 1.32. The average molecular weight is 170 g/mol. The van der Waals surface area contributed by atoms with Gasteiger partial charge in [-0.3, -0.25) is 4.90 Å². The molecule has 2 rings (SSSR count). The van der Waals surface area contributed by atoms with Gasteiger partial charge in [-0.2, -0.15) is 0 Å². The quantitative estimate of drug-likeness (QED) is 0.581. The predicted molar refractivity (Wildman–Crippen MR) is 48.3 cm³/mol. The van der Waals surface area contributed by atoms with E-state index in [1.807, 2.05) is 0 Å². The summed E-state index contributed by atoms with van der Waals surface area (Å²) in [6.45, 7) is 4.36. The molecule has 2 aliphatic rings. The predicted octanol–water partition coefficient (Wildman–Crippen LogP) is 0.0211. The number of nitrogens with zero attached hydrogens (tertiary/aromatic N) is 2. The van der Waals surface area contributed by atoms with E-state index in [4.69, 9.17) is 4.74 Å². The van der Waals surface area contributed by atoms with E-state index in [1.165, 1.54) is 19.5 Å². The lowest BCUT2D eigenvalue weighted by Gasteiger charge is -2.38. The first-order valence-corrected chi connectivity index (χ1v) is 4.75. The topological polar surface area (TPSA) is 15.7 Å². The molecule has 1 atom stereocenters. The maximum absolute atomic E-state index is 5.19. The number of rotatable bonds is 2. The summed E-state index contributed by atoms with van der Waals surface area (Å²) >= 11 is 0. The minimum absolute atomic E-state index is 0.696. The van der Waals surface area contributed by atoms with Gasteiger partial charge in [0.1, 0.15) is 0 Å². The van der Waals surface area contributed by atoms with Crippen molar-refractivity contribution in [2.45, 2.75) is 18.5 Å². The third-order valence-corrected chi connectivity index (χ3v) is 3.14. The van der Waals surface area contributed by atoms with E-state index in [9.17, 15) is 0 Å². The molecule has 2 heterocycles. The van der Waals surface area contributed by atoms with E-state index in [-0.39, 0.29) is 0 Å². The van der Waals surface area contributed by atoms with Crippen molar-refractivity contribution < 1.29 is 4.74 Å². The summed E-state index contributed by atoms with van der Waals surface area (Å²) < 4.78 is 5.19. The Labute approximate surface area is 74.3 Å². The van der Waals surface area contributed by atoms with Crippen molar-refractivity contribution in [3.8, 4) is 0 Å². The first-order chi connectivity index (χ1) is 5.77. The molecule has 0 bridgehead atoms. The lowest BCUT2D eigenvalue weighted by atomic mass is 10.1. The van der Waals surface area contributed by atoms with Crippen molar-refractivity contribution in [3.63, 3.8) is 0 Å². The summed E-state index contributed by atoms with van der Waals surface area (Å²) in [4.78, 5) is 4.90. The number of ether oxygens (including phenoxy) is 1. The van der Waals surface area contributed by atoms with Crippen LogP contribution in [0.4, 0.5) is 0 Å². The lowest BCUT2D eigenvalue weighted by Crippen LogP contribution is -2.51. The molecule has 0 aromatic heterocycles. The highest BCUT2D eigenvalue weighted by molar-refractivity contribution is 4.86. The van der Waals surface area contributed by atoms with Gasteiger partial charge in [0.15, 0.2) is 0 Å². The van der Waals surface area contributed by atoms with Gasteiger partial charge < -0.3 is 9.64 Å². The first kappa shape index (κ1) is 8.48. The minimum atomic E-state index is 0.696. The summed E-state index contributed by atoms with van der Waals surface area (Å²) in [6, 6.07) is 1.46. The molecule has 2 aliphatic heterocycles. The van der Waals surface area contributed by atoms with E-state index in [0.29, 0.717) is 6.04 Å². The number of likely N-dealkylation sites (tertiary alicyclic amines) is 1. The molecule has 0 aliphatic carbocycles. The smallest absolute Gasteiger partial charge is 0.0645 e. The summed E-state index contributed by atoms with van der Waals surface area (Å²) in [5.74, 6) is 0. The van der Waals surface area contributed by atoms with Crippen LogP contribution in [-0.4, -0.2) is 62.3 Å². The van der Waals surface area contributed by atoms with Gasteiger partial charge in [-0.05, 0) is 27.1 Å². The highest BCUT2D eigenvalue weighted by Crippen LogP contribution is 2.18. The van der Waals surface area contributed by atoms with Crippen molar-refractivity contribution in [3.05, 3.63) is 0 Å². The van der Waals surface area contributed by atoms with E-state index >= 15 is 0 Å². The largest absolute Gasteiger partial charge is 0.378 e. The molecule has 3 heteroatoms. The molecule has 12 heavy (non-hydrogen) atoms. The average Bonchev–Trinajstić information content (AvgIpc) is 2.31. The van der Waals surface area contributed by atoms with Crippen LogP contribution in [0.3, 0.4) is 0 Å². The Morgan fingerprint density at radius 3 is 2.50 bits per heavy atom. The molecule has 70 valence electrons. The zero-order chi connectivity index (χ0) is 8.55. The van der Waals surface area contributed by atoms with Gasteiger partial charge in [0.05, 0.1) is 19.3 Å². The van der Waals surface area contributed by atoms with Gasteiger partial charge in [-0.15, -0.1) is 0 Å². The maximum atomic E-state index is 5.19. The number of hydrogen-bond donors (Lipinski definition) is 0. The van der Waals surface area contributed by atoms with Crippen molar-refractivity contribution in [1.29, 1.82) is 0 Å². The first-order valence-electron chi connectivity index (χ1n) is 4.75.